The molecule has 1 aliphatic heterocycles. The molecule has 2 aromatic carbocycles. The number of aromatic nitrogens is 2. The average molecular weight is 310 g/mol. The van der Waals surface area contributed by atoms with Crippen LogP contribution in [0.3, 0.4) is 0 Å². The average Bonchev–Trinajstić information content (AvgIpc) is 2.80. The Morgan fingerprint density at radius 2 is 1.73 bits per heavy atom. The molecule has 0 saturated heterocycles. The van der Waals surface area contributed by atoms with Crippen molar-refractivity contribution in [2.45, 2.75) is 6.42 Å². The molecule has 4 rings (SSSR count). The minimum atomic E-state index is 0.647. The van der Waals surface area contributed by atoms with Crippen molar-refractivity contribution in [1.82, 2.24) is 10.2 Å². The molecule has 2 heterocycles. The van der Waals surface area contributed by atoms with E-state index < -0.39 is 0 Å². The molecule has 3 aromatic rings. The third-order valence-corrected chi connectivity index (χ3v) is 4.03. The van der Waals surface area contributed by atoms with Gasteiger partial charge in [-0.15, -0.1) is 0 Å². The Kier molecular flexibility index (Phi) is 3.27. The number of H-pyrrole nitrogens is 1. The molecule has 0 amide bonds. The van der Waals surface area contributed by atoms with Crippen LogP contribution in [-0.4, -0.2) is 23.4 Å². The van der Waals surface area contributed by atoms with E-state index >= 15 is 0 Å². The highest BCUT2D eigenvalue weighted by Crippen LogP contribution is 2.35. The molecule has 0 saturated carbocycles. The summed E-state index contributed by atoms with van der Waals surface area (Å²) in [6, 6.07) is 13.9. The monoisotopic (exact) mass is 310 g/mol. The normalized spacial score (nSPS) is 13.8. The summed E-state index contributed by atoms with van der Waals surface area (Å²) in [4.78, 5) is 0. The Labute approximate surface area is 132 Å². The van der Waals surface area contributed by atoms with Gasteiger partial charge in [-0.05, 0) is 18.2 Å². The minimum Gasteiger partial charge on any atom is -0.490 e. The number of hydrogen-bond acceptors (Lipinski definition) is 4. The van der Waals surface area contributed by atoms with Crippen LogP contribution < -0.4 is 9.47 Å². The van der Waals surface area contributed by atoms with E-state index in [1.165, 1.54) is 0 Å². The van der Waals surface area contributed by atoms with Crippen LogP contribution in [0, 0.1) is 4.64 Å². The fourth-order valence-corrected chi connectivity index (χ4v) is 2.87. The van der Waals surface area contributed by atoms with Gasteiger partial charge in [0.1, 0.15) is 4.64 Å². The number of ether oxygens (including phenoxy) is 2. The largest absolute Gasteiger partial charge is 0.490 e. The van der Waals surface area contributed by atoms with Crippen LogP contribution in [0.15, 0.2) is 42.5 Å². The van der Waals surface area contributed by atoms with E-state index in [1.54, 1.807) is 0 Å². The standard InChI is InChI=1S/C17H14N2O2S/c22-17-13-5-2-1-4-12(13)16(18-19-17)11-6-7-14-15(10-11)21-9-3-8-20-14/h1-2,4-7,10H,3,8-9H2,(H,19,22). The number of nitrogens with zero attached hydrogens (tertiary/aromatic N) is 1. The van der Waals surface area contributed by atoms with Gasteiger partial charge in [0, 0.05) is 22.8 Å². The topological polar surface area (TPSA) is 47.1 Å². The Balaban J connectivity index is 1.91. The summed E-state index contributed by atoms with van der Waals surface area (Å²) in [7, 11) is 0. The summed E-state index contributed by atoms with van der Waals surface area (Å²) >= 11 is 5.32. The van der Waals surface area contributed by atoms with Gasteiger partial charge in [-0.25, -0.2) is 0 Å². The Morgan fingerprint density at radius 1 is 0.955 bits per heavy atom. The summed E-state index contributed by atoms with van der Waals surface area (Å²) in [5.41, 5.74) is 1.84. The molecule has 5 heteroatoms. The first-order valence-electron chi connectivity index (χ1n) is 7.20. The third-order valence-electron chi connectivity index (χ3n) is 3.72. The van der Waals surface area contributed by atoms with Crippen molar-refractivity contribution < 1.29 is 9.47 Å². The summed E-state index contributed by atoms with van der Waals surface area (Å²) < 4.78 is 12.1. The maximum Gasteiger partial charge on any atom is 0.161 e. The Morgan fingerprint density at radius 3 is 2.59 bits per heavy atom. The van der Waals surface area contributed by atoms with E-state index in [4.69, 9.17) is 21.7 Å². The van der Waals surface area contributed by atoms with Crippen molar-refractivity contribution in [2.24, 2.45) is 0 Å². The molecular formula is C17H14N2O2S. The third kappa shape index (κ3) is 2.23. The zero-order valence-corrected chi connectivity index (χ0v) is 12.7. The Bertz CT molecular complexity index is 905. The number of hydrogen-bond donors (Lipinski definition) is 1. The van der Waals surface area contributed by atoms with Crippen LogP contribution in [0.4, 0.5) is 0 Å². The molecule has 0 atom stereocenters. The second-order valence-corrected chi connectivity index (χ2v) is 5.57. The van der Waals surface area contributed by atoms with E-state index in [2.05, 4.69) is 10.2 Å². The number of fused-ring (bicyclic) bond motifs is 2. The van der Waals surface area contributed by atoms with Crippen LogP contribution in [0.5, 0.6) is 11.5 Å². The van der Waals surface area contributed by atoms with Crippen molar-refractivity contribution in [2.75, 3.05) is 13.2 Å². The van der Waals surface area contributed by atoms with Gasteiger partial charge in [-0.2, -0.15) is 5.10 Å². The zero-order chi connectivity index (χ0) is 14.9. The van der Waals surface area contributed by atoms with Crippen molar-refractivity contribution in [1.29, 1.82) is 0 Å². The van der Waals surface area contributed by atoms with Crippen LogP contribution in [0.25, 0.3) is 22.0 Å². The molecule has 0 aliphatic carbocycles. The molecule has 0 spiro atoms. The fraction of sp³-hybridized carbons (Fsp3) is 0.176. The van der Waals surface area contributed by atoms with Gasteiger partial charge in [0.2, 0.25) is 0 Å². The van der Waals surface area contributed by atoms with Gasteiger partial charge in [0.15, 0.2) is 11.5 Å². The van der Waals surface area contributed by atoms with E-state index in [1.807, 2.05) is 42.5 Å². The molecule has 1 aromatic heterocycles. The van der Waals surface area contributed by atoms with Gasteiger partial charge in [-0.3, -0.25) is 5.10 Å². The molecule has 0 unspecified atom stereocenters. The van der Waals surface area contributed by atoms with Crippen molar-refractivity contribution in [3.8, 4) is 22.8 Å². The summed E-state index contributed by atoms with van der Waals surface area (Å²) in [5, 5.41) is 9.37. The van der Waals surface area contributed by atoms with E-state index in [9.17, 15) is 0 Å². The van der Waals surface area contributed by atoms with Crippen molar-refractivity contribution >= 4 is 23.0 Å². The van der Waals surface area contributed by atoms with Crippen molar-refractivity contribution in [3.63, 3.8) is 0 Å². The van der Waals surface area contributed by atoms with Crippen LogP contribution in [-0.2, 0) is 0 Å². The molecule has 0 radical (unpaired) electrons. The predicted molar refractivity (Wildman–Crippen MR) is 88.0 cm³/mol. The smallest absolute Gasteiger partial charge is 0.161 e. The van der Waals surface area contributed by atoms with Crippen LogP contribution >= 0.6 is 12.2 Å². The summed E-state index contributed by atoms with van der Waals surface area (Å²) in [6.07, 6.45) is 0.892. The lowest BCUT2D eigenvalue weighted by Gasteiger charge is -2.10. The molecule has 4 nitrogen and oxygen atoms in total. The molecule has 110 valence electrons. The molecule has 22 heavy (non-hydrogen) atoms. The van der Waals surface area contributed by atoms with Gasteiger partial charge < -0.3 is 9.47 Å². The van der Waals surface area contributed by atoms with Crippen molar-refractivity contribution in [3.05, 3.63) is 47.1 Å². The molecule has 1 N–H and O–H groups in total. The highest BCUT2D eigenvalue weighted by Gasteiger charge is 2.13. The Hall–Kier alpha value is -2.40. The molecule has 0 bridgehead atoms. The van der Waals surface area contributed by atoms with Gasteiger partial charge in [-0.1, -0.05) is 36.5 Å². The number of aromatic amines is 1. The maximum atomic E-state index is 5.76. The van der Waals surface area contributed by atoms with Gasteiger partial charge >= 0.3 is 0 Å². The van der Waals surface area contributed by atoms with E-state index in [-0.39, 0.29) is 0 Å². The summed E-state index contributed by atoms with van der Waals surface area (Å²) in [5.74, 6) is 1.55. The highest BCUT2D eigenvalue weighted by molar-refractivity contribution is 7.71. The van der Waals surface area contributed by atoms with Gasteiger partial charge in [0.25, 0.3) is 0 Å². The quantitative estimate of drug-likeness (QED) is 0.687. The van der Waals surface area contributed by atoms with Gasteiger partial charge in [0.05, 0.1) is 18.9 Å². The van der Waals surface area contributed by atoms with E-state index in [0.717, 1.165) is 39.9 Å². The maximum absolute atomic E-state index is 5.76. The first-order valence-corrected chi connectivity index (χ1v) is 7.61. The summed E-state index contributed by atoms with van der Waals surface area (Å²) in [6.45, 7) is 1.35. The first kappa shape index (κ1) is 13.3. The SMILES string of the molecule is S=c1[nH]nc(-c2ccc3c(c2)OCCCO3)c2ccccc12. The fourth-order valence-electron chi connectivity index (χ4n) is 2.65. The highest BCUT2D eigenvalue weighted by atomic mass is 32.1. The number of benzene rings is 2. The number of rotatable bonds is 1. The number of nitrogens with one attached hydrogen (secondary N) is 1. The molecule has 0 fully saturated rings. The molecule has 1 aliphatic rings. The lowest BCUT2D eigenvalue weighted by Crippen LogP contribution is -1.97. The molecular weight excluding hydrogens is 296 g/mol. The van der Waals surface area contributed by atoms with E-state index in [0.29, 0.717) is 17.9 Å². The second kappa shape index (κ2) is 5.42. The van der Waals surface area contributed by atoms with Crippen LogP contribution in [0.1, 0.15) is 6.42 Å². The zero-order valence-electron chi connectivity index (χ0n) is 11.8. The van der Waals surface area contributed by atoms with Crippen LogP contribution in [0.2, 0.25) is 0 Å². The minimum absolute atomic E-state index is 0.647. The second-order valence-electron chi connectivity index (χ2n) is 5.16. The predicted octanol–water partition coefficient (Wildman–Crippen LogP) is 4.12. The lowest BCUT2D eigenvalue weighted by molar-refractivity contribution is 0.297. The lowest BCUT2D eigenvalue weighted by atomic mass is 10.0. The first-order chi connectivity index (χ1) is 10.8.